The summed E-state index contributed by atoms with van der Waals surface area (Å²) in [6.07, 6.45) is 5.01. The molecule has 3 aliphatic rings. The van der Waals surface area contributed by atoms with E-state index in [-0.39, 0.29) is 29.4 Å². The smallest absolute Gasteiger partial charge is 0.309 e. The van der Waals surface area contributed by atoms with Crippen LogP contribution in [0.25, 0.3) is 0 Å². The quantitative estimate of drug-likeness (QED) is 0.580. The Morgan fingerprint density at radius 2 is 2.24 bits per heavy atom. The molecule has 2 aliphatic carbocycles. The number of allylic oxidation sites excluding steroid dienone is 1. The molecular weight excluding hydrogens is 268 g/mol. The summed E-state index contributed by atoms with van der Waals surface area (Å²) >= 11 is 0. The van der Waals surface area contributed by atoms with Gasteiger partial charge in [0.2, 0.25) is 0 Å². The third-order valence-corrected chi connectivity index (χ3v) is 5.70. The van der Waals surface area contributed by atoms with Gasteiger partial charge in [0.1, 0.15) is 12.7 Å². The molecule has 4 heteroatoms. The van der Waals surface area contributed by atoms with Crippen LogP contribution in [0.15, 0.2) is 11.1 Å². The van der Waals surface area contributed by atoms with Crippen LogP contribution in [0, 0.1) is 17.3 Å². The molecule has 2 fully saturated rings. The Bertz CT molecular complexity index is 507. The number of ether oxygens (including phenoxy) is 2. The molecule has 0 amide bonds. The molecule has 0 aromatic heterocycles. The van der Waals surface area contributed by atoms with Crippen LogP contribution in [0.2, 0.25) is 0 Å². The second-order valence-corrected chi connectivity index (χ2v) is 7.01. The van der Waals surface area contributed by atoms with Crippen molar-refractivity contribution >= 4 is 11.9 Å². The summed E-state index contributed by atoms with van der Waals surface area (Å²) in [7, 11) is 0. The van der Waals surface area contributed by atoms with Crippen molar-refractivity contribution in [2.75, 3.05) is 6.61 Å². The van der Waals surface area contributed by atoms with Crippen molar-refractivity contribution in [3.8, 4) is 0 Å². The average Bonchev–Trinajstić information content (AvgIpc) is 2.70. The van der Waals surface area contributed by atoms with Crippen molar-refractivity contribution in [1.29, 1.82) is 0 Å². The molecule has 0 bridgehead atoms. The molecule has 1 aliphatic heterocycles. The Morgan fingerprint density at radius 1 is 1.48 bits per heavy atom. The van der Waals surface area contributed by atoms with E-state index in [0.29, 0.717) is 12.5 Å². The lowest BCUT2D eigenvalue weighted by atomic mass is 9.59. The molecule has 4 nitrogen and oxygen atoms in total. The summed E-state index contributed by atoms with van der Waals surface area (Å²) < 4.78 is 11.0. The van der Waals surface area contributed by atoms with Crippen LogP contribution in [0.5, 0.6) is 0 Å². The maximum absolute atomic E-state index is 11.9. The fraction of sp³-hybridized carbons (Fsp3) is 0.765. The molecule has 0 N–H and O–H groups in total. The maximum atomic E-state index is 11.9. The average molecular weight is 292 g/mol. The maximum Gasteiger partial charge on any atom is 0.309 e. The zero-order valence-electron chi connectivity index (χ0n) is 13.1. The predicted molar refractivity (Wildman–Crippen MR) is 77.4 cm³/mol. The molecule has 3 rings (SSSR count). The van der Waals surface area contributed by atoms with Crippen LogP contribution < -0.4 is 0 Å². The van der Waals surface area contributed by atoms with E-state index in [4.69, 9.17) is 9.47 Å². The predicted octanol–water partition coefficient (Wildman–Crippen LogP) is 3.01. The highest BCUT2D eigenvalue weighted by Gasteiger charge is 2.53. The van der Waals surface area contributed by atoms with Crippen molar-refractivity contribution in [1.82, 2.24) is 0 Å². The zero-order chi connectivity index (χ0) is 15.2. The van der Waals surface area contributed by atoms with E-state index < -0.39 is 0 Å². The molecule has 116 valence electrons. The van der Waals surface area contributed by atoms with Gasteiger partial charge in [-0.25, -0.2) is 0 Å². The second kappa shape index (κ2) is 5.15. The minimum Gasteiger partial charge on any atom is -0.465 e. The van der Waals surface area contributed by atoms with E-state index in [1.165, 1.54) is 18.1 Å². The Hall–Kier alpha value is -1.32. The Labute approximate surface area is 125 Å². The third kappa shape index (κ3) is 2.39. The van der Waals surface area contributed by atoms with Gasteiger partial charge < -0.3 is 9.47 Å². The number of carbonyl (C=O) groups excluding carboxylic acids is 2. The summed E-state index contributed by atoms with van der Waals surface area (Å²) in [6.45, 7) is 6.06. The van der Waals surface area contributed by atoms with Gasteiger partial charge in [0.05, 0.1) is 5.92 Å². The molecular formula is C17H24O4. The molecule has 0 spiro atoms. The van der Waals surface area contributed by atoms with Gasteiger partial charge in [-0.15, -0.1) is 0 Å². The van der Waals surface area contributed by atoms with Gasteiger partial charge in [0.15, 0.2) is 0 Å². The summed E-state index contributed by atoms with van der Waals surface area (Å²) in [5.74, 6) is -0.00893. The first-order valence-corrected chi connectivity index (χ1v) is 7.96. The molecule has 1 heterocycles. The topological polar surface area (TPSA) is 52.6 Å². The summed E-state index contributed by atoms with van der Waals surface area (Å²) in [6, 6.07) is 0. The standard InChI is InChI=1S/C17H24O4/c1-10-5-4-6-17(9-20-12(3)18)8-15-13(7-14(10)17)11(2)16(19)21-15/h11,13,15H,4-9H2,1-3H3. The summed E-state index contributed by atoms with van der Waals surface area (Å²) in [5, 5.41) is 0. The van der Waals surface area contributed by atoms with E-state index in [1.807, 2.05) is 6.92 Å². The summed E-state index contributed by atoms with van der Waals surface area (Å²) in [4.78, 5) is 23.1. The van der Waals surface area contributed by atoms with Crippen molar-refractivity contribution < 1.29 is 19.1 Å². The van der Waals surface area contributed by atoms with Crippen molar-refractivity contribution in [3.63, 3.8) is 0 Å². The molecule has 0 aromatic carbocycles. The van der Waals surface area contributed by atoms with Crippen LogP contribution in [0.3, 0.4) is 0 Å². The molecule has 1 saturated heterocycles. The van der Waals surface area contributed by atoms with Gasteiger partial charge in [0, 0.05) is 18.3 Å². The van der Waals surface area contributed by atoms with Gasteiger partial charge in [-0.05, 0) is 39.0 Å². The Morgan fingerprint density at radius 3 is 2.95 bits per heavy atom. The van der Waals surface area contributed by atoms with Gasteiger partial charge in [0.25, 0.3) is 0 Å². The van der Waals surface area contributed by atoms with Crippen molar-refractivity contribution in [3.05, 3.63) is 11.1 Å². The Kier molecular flexibility index (Phi) is 3.58. The molecule has 4 atom stereocenters. The van der Waals surface area contributed by atoms with Crippen LogP contribution in [-0.4, -0.2) is 24.6 Å². The van der Waals surface area contributed by atoms with E-state index in [1.54, 1.807) is 0 Å². The van der Waals surface area contributed by atoms with E-state index in [9.17, 15) is 9.59 Å². The van der Waals surface area contributed by atoms with Crippen LogP contribution in [0.4, 0.5) is 0 Å². The van der Waals surface area contributed by atoms with Gasteiger partial charge in [-0.3, -0.25) is 9.59 Å². The Balaban J connectivity index is 1.91. The molecule has 0 aromatic rings. The van der Waals surface area contributed by atoms with Crippen LogP contribution >= 0.6 is 0 Å². The monoisotopic (exact) mass is 292 g/mol. The van der Waals surface area contributed by atoms with Crippen LogP contribution in [-0.2, 0) is 19.1 Å². The van der Waals surface area contributed by atoms with Gasteiger partial charge in [-0.1, -0.05) is 18.1 Å². The zero-order valence-corrected chi connectivity index (χ0v) is 13.1. The number of carbonyl (C=O) groups is 2. The first-order chi connectivity index (χ1) is 9.93. The minimum absolute atomic E-state index is 0.00212. The first kappa shape index (κ1) is 14.6. The minimum atomic E-state index is -0.231. The highest BCUT2D eigenvalue weighted by Crippen LogP contribution is 2.55. The lowest BCUT2D eigenvalue weighted by molar-refractivity contribution is -0.149. The SMILES string of the molecule is CC(=O)OCC12CCCC(C)=C1CC1C(C2)OC(=O)C1C. The number of hydrogen-bond acceptors (Lipinski definition) is 4. The lowest BCUT2D eigenvalue weighted by Crippen LogP contribution is -2.43. The summed E-state index contributed by atoms with van der Waals surface area (Å²) in [5.41, 5.74) is 2.76. The molecule has 4 unspecified atom stereocenters. The van der Waals surface area contributed by atoms with Crippen LogP contribution in [0.1, 0.15) is 52.9 Å². The van der Waals surface area contributed by atoms with Crippen molar-refractivity contribution in [2.45, 2.75) is 59.0 Å². The third-order valence-electron chi connectivity index (χ3n) is 5.70. The van der Waals surface area contributed by atoms with E-state index in [0.717, 1.165) is 32.1 Å². The molecule has 1 saturated carbocycles. The number of hydrogen-bond donors (Lipinski definition) is 0. The normalized spacial score (nSPS) is 38.6. The highest BCUT2D eigenvalue weighted by molar-refractivity contribution is 5.75. The molecule has 21 heavy (non-hydrogen) atoms. The fourth-order valence-corrected chi connectivity index (χ4v) is 4.48. The molecule has 0 radical (unpaired) electrons. The van der Waals surface area contributed by atoms with Crippen molar-refractivity contribution in [2.24, 2.45) is 17.3 Å². The van der Waals surface area contributed by atoms with E-state index >= 15 is 0 Å². The van der Waals surface area contributed by atoms with E-state index in [2.05, 4.69) is 6.92 Å². The van der Waals surface area contributed by atoms with Gasteiger partial charge in [-0.2, -0.15) is 0 Å². The number of rotatable bonds is 2. The van der Waals surface area contributed by atoms with Gasteiger partial charge >= 0.3 is 11.9 Å². The fourth-order valence-electron chi connectivity index (χ4n) is 4.48. The first-order valence-electron chi connectivity index (χ1n) is 7.96. The largest absolute Gasteiger partial charge is 0.465 e. The highest BCUT2D eigenvalue weighted by atomic mass is 16.6. The number of esters is 2. The second-order valence-electron chi connectivity index (χ2n) is 7.01. The lowest BCUT2D eigenvalue weighted by Gasteiger charge is -2.47. The number of fused-ring (bicyclic) bond motifs is 2.